The van der Waals surface area contributed by atoms with E-state index in [1.807, 2.05) is 0 Å². The summed E-state index contributed by atoms with van der Waals surface area (Å²) in [5.41, 5.74) is 0.670. The summed E-state index contributed by atoms with van der Waals surface area (Å²) in [6.07, 6.45) is 1.58. The van der Waals surface area contributed by atoms with E-state index < -0.39 is 0 Å². The maximum absolute atomic E-state index is 12.8. The van der Waals surface area contributed by atoms with Gasteiger partial charge in [-0.3, -0.25) is 0 Å². The van der Waals surface area contributed by atoms with E-state index in [0.717, 1.165) is 0 Å². The lowest BCUT2D eigenvalue weighted by Crippen LogP contribution is -1.75. The molecule has 1 aromatic heterocycles. The zero-order valence-electron chi connectivity index (χ0n) is 5.87. The number of hydrogen-bond acceptors (Lipinski definition) is 0. The number of H-pyrrole nitrogens is 1. The Hall–Kier alpha value is -0.730. The van der Waals surface area contributed by atoms with Gasteiger partial charge in [-0.1, -0.05) is 23.2 Å². The van der Waals surface area contributed by atoms with Crippen LogP contribution in [0, 0.1) is 5.82 Å². The molecule has 0 unspecified atom stereocenters. The van der Waals surface area contributed by atoms with Crippen LogP contribution in [0.1, 0.15) is 0 Å². The fourth-order valence-corrected chi connectivity index (χ4v) is 1.59. The minimum atomic E-state index is -0.381. The SMILES string of the molecule is Fc1cc(Cl)c2[nH]cc(Cl)c2c1. The van der Waals surface area contributed by atoms with Crippen molar-refractivity contribution in [1.29, 1.82) is 0 Å². The highest BCUT2D eigenvalue weighted by Crippen LogP contribution is 2.29. The summed E-state index contributed by atoms with van der Waals surface area (Å²) in [4.78, 5) is 2.85. The van der Waals surface area contributed by atoms with Crippen LogP contribution in [0.5, 0.6) is 0 Å². The minimum absolute atomic E-state index is 0.344. The van der Waals surface area contributed by atoms with Crippen LogP contribution in [0.15, 0.2) is 18.3 Å². The second-order valence-corrected chi connectivity index (χ2v) is 3.26. The normalized spacial score (nSPS) is 10.9. The molecule has 0 aliphatic carbocycles. The zero-order valence-corrected chi connectivity index (χ0v) is 7.38. The predicted molar refractivity (Wildman–Crippen MR) is 48.3 cm³/mol. The van der Waals surface area contributed by atoms with E-state index in [4.69, 9.17) is 23.2 Å². The fraction of sp³-hybridized carbons (Fsp3) is 0. The van der Waals surface area contributed by atoms with Gasteiger partial charge in [-0.25, -0.2) is 4.39 Å². The van der Waals surface area contributed by atoms with E-state index in [1.165, 1.54) is 12.1 Å². The maximum atomic E-state index is 12.8. The number of rotatable bonds is 0. The first-order chi connectivity index (χ1) is 5.68. The second-order valence-electron chi connectivity index (χ2n) is 2.45. The average molecular weight is 204 g/mol. The van der Waals surface area contributed by atoms with Crippen LogP contribution >= 0.6 is 23.2 Å². The molecular weight excluding hydrogens is 200 g/mol. The monoisotopic (exact) mass is 203 g/mol. The maximum Gasteiger partial charge on any atom is 0.125 e. The molecule has 0 radical (unpaired) electrons. The molecule has 2 rings (SSSR count). The van der Waals surface area contributed by atoms with Gasteiger partial charge in [0, 0.05) is 11.6 Å². The van der Waals surface area contributed by atoms with E-state index in [-0.39, 0.29) is 5.82 Å². The summed E-state index contributed by atoms with van der Waals surface area (Å²) in [6.45, 7) is 0. The molecule has 4 heteroatoms. The molecule has 1 aromatic carbocycles. The van der Waals surface area contributed by atoms with Gasteiger partial charge < -0.3 is 4.98 Å². The van der Waals surface area contributed by atoms with Crippen molar-refractivity contribution in [2.24, 2.45) is 0 Å². The van der Waals surface area contributed by atoms with Gasteiger partial charge >= 0.3 is 0 Å². The molecule has 12 heavy (non-hydrogen) atoms. The number of aromatic nitrogens is 1. The Morgan fingerprint density at radius 1 is 1.17 bits per heavy atom. The molecule has 0 spiro atoms. The summed E-state index contributed by atoms with van der Waals surface area (Å²) in [5, 5.41) is 1.44. The molecule has 1 heterocycles. The lowest BCUT2D eigenvalue weighted by Gasteiger charge is -1.94. The summed E-state index contributed by atoms with van der Waals surface area (Å²) in [7, 11) is 0. The van der Waals surface area contributed by atoms with E-state index in [9.17, 15) is 4.39 Å². The average Bonchev–Trinajstić information content (AvgIpc) is 2.33. The van der Waals surface area contributed by atoms with Crippen molar-refractivity contribution >= 4 is 34.1 Å². The van der Waals surface area contributed by atoms with Crippen LogP contribution in [0.2, 0.25) is 10.0 Å². The van der Waals surface area contributed by atoms with Crippen molar-refractivity contribution in [2.75, 3.05) is 0 Å². The molecule has 0 amide bonds. The van der Waals surface area contributed by atoms with Crippen LogP contribution < -0.4 is 0 Å². The van der Waals surface area contributed by atoms with Gasteiger partial charge in [0.1, 0.15) is 5.82 Å². The fourth-order valence-electron chi connectivity index (χ4n) is 1.12. The highest BCUT2D eigenvalue weighted by molar-refractivity contribution is 6.39. The molecule has 0 atom stereocenters. The van der Waals surface area contributed by atoms with Crippen molar-refractivity contribution in [3.8, 4) is 0 Å². The third-order valence-electron chi connectivity index (χ3n) is 1.66. The van der Waals surface area contributed by atoms with Crippen LogP contribution in [-0.2, 0) is 0 Å². The van der Waals surface area contributed by atoms with Gasteiger partial charge in [0.25, 0.3) is 0 Å². The Labute approximate surface area is 78.1 Å². The number of fused-ring (bicyclic) bond motifs is 1. The van der Waals surface area contributed by atoms with E-state index >= 15 is 0 Å². The molecule has 1 N–H and O–H groups in total. The molecule has 0 saturated carbocycles. The standard InChI is InChI=1S/C8H4Cl2FN/c9-6-2-4(11)1-5-7(10)3-12-8(5)6/h1-3,12H. The Bertz CT molecular complexity index is 436. The smallest absolute Gasteiger partial charge is 0.125 e. The third-order valence-corrected chi connectivity index (χ3v) is 2.27. The van der Waals surface area contributed by atoms with Gasteiger partial charge in [0.05, 0.1) is 15.6 Å². The zero-order chi connectivity index (χ0) is 8.72. The van der Waals surface area contributed by atoms with Crippen LogP contribution in [0.3, 0.4) is 0 Å². The van der Waals surface area contributed by atoms with Gasteiger partial charge in [-0.05, 0) is 12.1 Å². The van der Waals surface area contributed by atoms with Gasteiger partial charge in [0.2, 0.25) is 0 Å². The first-order valence-corrected chi connectivity index (χ1v) is 4.05. The predicted octanol–water partition coefficient (Wildman–Crippen LogP) is 3.61. The van der Waals surface area contributed by atoms with Gasteiger partial charge in [0.15, 0.2) is 0 Å². The number of halogens is 3. The summed E-state index contributed by atoms with van der Waals surface area (Å²) >= 11 is 11.5. The molecule has 0 bridgehead atoms. The Kier molecular flexibility index (Phi) is 1.74. The Morgan fingerprint density at radius 3 is 2.67 bits per heavy atom. The first kappa shape index (κ1) is 7.90. The third kappa shape index (κ3) is 1.08. The quantitative estimate of drug-likeness (QED) is 0.674. The molecule has 0 aliphatic rings. The lowest BCUT2D eigenvalue weighted by atomic mass is 10.2. The van der Waals surface area contributed by atoms with Crippen molar-refractivity contribution < 1.29 is 4.39 Å². The van der Waals surface area contributed by atoms with Crippen molar-refractivity contribution in [3.05, 3.63) is 34.2 Å². The second kappa shape index (κ2) is 2.64. The minimum Gasteiger partial charge on any atom is -0.359 e. The topological polar surface area (TPSA) is 15.8 Å². The van der Waals surface area contributed by atoms with Gasteiger partial charge in [-0.2, -0.15) is 0 Å². The van der Waals surface area contributed by atoms with E-state index in [1.54, 1.807) is 6.20 Å². The largest absolute Gasteiger partial charge is 0.359 e. The van der Waals surface area contributed by atoms with Crippen LogP contribution in [-0.4, -0.2) is 4.98 Å². The van der Waals surface area contributed by atoms with E-state index in [2.05, 4.69) is 4.98 Å². The number of benzene rings is 1. The Balaban J connectivity index is 2.92. The Morgan fingerprint density at radius 2 is 1.92 bits per heavy atom. The molecule has 1 nitrogen and oxygen atoms in total. The molecular formula is C8H4Cl2FN. The number of hydrogen-bond donors (Lipinski definition) is 1. The van der Waals surface area contributed by atoms with Crippen LogP contribution in [0.25, 0.3) is 10.9 Å². The van der Waals surface area contributed by atoms with Crippen molar-refractivity contribution in [2.45, 2.75) is 0 Å². The summed E-state index contributed by atoms with van der Waals surface area (Å²) in [5.74, 6) is -0.381. The highest BCUT2D eigenvalue weighted by atomic mass is 35.5. The van der Waals surface area contributed by atoms with Crippen molar-refractivity contribution in [1.82, 2.24) is 4.98 Å². The molecule has 0 aliphatic heterocycles. The highest BCUT2D eigenvalue weighted by Gasteiger charge is 2.06. The molecule has 2 aromatic rings. The first-order valence-electron chi connectivity index (χ1n) is 3.30. The van der Waals surface area contributed by atoms with Gasteiger partial charge in [-0.15, -0.1) is 0 Å². The number of aromatic amines is 1. The number of nitrogens with one attached hydrogen (secondary N) is 1. The lowest BCUT2D eigenvalue weighted by molar-refractivity contribution is 0.630. The van der Waals surface area contributed by atoms with Crippen LogP contribution in [0.4, 0.5) is 4.39 Å². The van der Waals surface area contributed by atoms with Crippen molar-refractivity contribution in [3.63, 3.8) is 0 Å². The van der Waals surface area contributed by atoms with E-state index in [0.29, 0.717) is 20.9 Å². The molecule has 0 saturated heterocycles. The molecule has 62 valence electrons. The molecule has 0 fully saturated rings. The summed E-state index contributed by atoms with van der Waals surface area (Å²) in [6, 6.07) is 2.59. The summed E-state index contributed by atoms with van der Waals surface area (Å²) < 4.78 is 12.8.